The first kappa shape index (κ1) is 23.1. The minimum absolute atomic E-state index is 0.00146. The zero-order chi connectivity index (χ0) is 24.0. The summed E-state index contributed by atoms with van der Waals surface area (Å²) in [5.41, 5.74) is 1.06. The number of fused-ring (bicyclic) bond motifs is 1. The lowest BCUT2D eigenvalue weighted by atomic mass is 10.1. The van der Waals surface area contributed by atoms with Crippen LogP contribution in [0.15, 0.2) is 42.5 Å². The van der Waals surface area contributed by atoms with Gasteiger partial charge in [-0.15, -0.1) is 0 Å². The number of rotatable bonds is 9. The van der Waals surface area contributed by atoms with Crippen molar-refractivity contribution in [2.45, 2.75) is 25.8 Å². The number of nitro benzene ring substituents is 1. The number of hydrogen-bond donors (Lipinski definition) is 2. The van der Waals surface area contributed by atoms with E-state index < -0.39 is 22.6 Å². The SMILES string of the molecule is N#CCC(=O)NCc1cccc(NC(=O)CCCN2C(=O)c3ccc([N+](=O)[O-])cc3C2=O)c1. The fourth-order valence-corrected chi connectivity index (χ4v) is 3.31. The van der Waals surface area contributed by atoms with Crippen LogP contribution in [0.5, 0.6) is 0 Å². The predicted octanol–water partition coefficient (Wildman–Crippen LogP) is 2.14. The molecule has 0 radical (unpaired) electrons. The van der Waals surface area contributed by atoms with Crippen molar-refractivity contribution in [1.29, 1.82) is 5.26 Å². The van der Waals surface area contributed by atoms with Crippen molar-refractivity contribution in [3.8, 4) is 6.07 Å². The van der Waals surface area contributed by atoms with Gasteiger partial charge in [0.2, 0.25) is 11.8 Å². The molecule has 2 aromatic carbocycles. The normalized spacial score (nSPS) is 12.2. The van der Waals surface area contributed by atoms with E-state index in [1.54, 1.807) is 30.3 Å². The smallest absolute Gasteiger partial charge is 0.270 e. The van der Waals surface area contributed by atoms with E-state index in [0.29, 0.717) is 5.69 Å². The highest BCUT2D eigenvalue weighted by atomic mass is 16.6. The molecule has 11 heteroatoms. The highest BCUT2D eigenvalue weighted by Crippen LogP contribution is 2.27. The number of amides is 4. The summed E-state index contributed by atoms with van der Waals surface area (Å²) in [4.78, 5) is 59.8. The van der Waals surface area contributed by atoms with E-state index in [2.05, 4.69) is 10.6 Å². The molecule has 0 aliphatic carbocycles. The first-order chi connectivity index (χ1) is 15.8. The van der Waals surface area contributed by atoms with Gasteiger partial charge in [0.05, 0.1) is 22.1 Å². The van der Waals surface area contributed by atoms with Crippen molar-refractivity contribution in [3.63, 3.8) is 0 Å². The third kappa shape index (κ3) is 5.56. The number of nitrogens with zero attached hydrogens (tertiary/aromatic N) is 3. The van der Waals surface area contributed by atoms with E-state index in [1.165, 1.54) is 12.1 Å². The molecule has 33 heavy (non-hydrogen) atoms. The van der Waals surface area contributed by atoms with Gasteiger partial charge in [-0.1, -0.05) is 12.1 Å². The monoisotopic (exact) mass is 449 g/mol. The summed E-state index contributed by atoms with van der Waals surface area (Å²) in [7, 11) is 0. The zero-order valence-corrected chi connectivity index (χ0v) is 17.4. The Hall–Kier alpha value is -4.59. The molecule has 3 rings (SSSR count). The molecule has 0 unspecified atom stereocenters. The van der Waals surface area contributed by atoms with Crippen molar-refractivity contribution in [3.05, 3.63) is 69.3 Å². The first-order valence-electron chi connectivity index (χ1n) is 9.97. The molecule has 168 valence electrons. The summed E-state index contributed by atoms with van der Waals surface area (Å²) in [6, 6.07) is 12.1. The number of imide groups is 1. The maximum absolute atomic E-state index is 12.5. The molecule has 0 atom stereocenters. The van der Waals surface area contributed by atoms with E-state index in [4.69, 9.17) is 5.26 Å². The molecule has 0 aromatic heterocycles. The topological polar surface area (TPSA) is 163 Å². The Morgan fingerprint density at radius 2 is 1.82 bits per heavy atom. The lowest BCUT2D eigenvalue weighted by Crippen LogP contribution is -2.31. The van der Waals surface area contributed by atoms with Crippen LogP contribution in [0.1, 0.15) is 45.5 Å². The van der Waals surface area contributed by atoms with E-state index in [0.717, 1.165) is 16.5 Å². The summed E-state index contributed by atoms with van der Waals surface area (Å²) in [6.45, 7) is 0.209. The fourth-order valence-electron chi connectivity index (χ4n) is 3.31. The molecule has 11 nitrogen and oxygen atoms in total. The Labute approximate surface area is 188 Å². The van der Waals surface area contributed by atoms with Gasteiger partial charge >= 0.3 is 0 Å². The molecule has 0 spiro atoms. The molecule has 2 N–H and O–H groups in total. The fraction of sp³-hybridized carbons (Fsp3) is 0.227. The number of nitrogens with one attached hydrogen (secondary N) is 2. The molecule has 1 aliphatic heterocycles. The van der Waals surface area contributed by atoms with Crippen LogP contribution in [-0.4, -0.2) is 40.0 Å². The minimum Gasteiger partial charge on any atom is -0.351 e. The molecule has 0 bridgehead atoms. The highest BCUT2D eigenvalue weighted by Gasteiger charge is 2.36. The average molecular weight is 449 g/mol. The second-order valence-corrected chi connectivity index (χ2v) is 7.21. The molecule has 4 amide bonds. The molecule has 1 aliphatic rings. The molecule has 0 fully saturated rings. The minimum atomic E-state index is -0.639. The van der Waals surface area contributed by atoms with Crippen LogP contribution in [0.25, 0.3) is 0 Å². The summed E-state index contributed by atoms with van der Waals surface area (Å²) in [5, 5.41) is 24.7. The van der Waals surface area contributed by atoms with Gasteiger partial charge in [0.1, 0.15) is 6.42 Å². The number of carbonyl (C=O) groups is 4. The van der Waals surface area contributed by atoms with Crippen LogP contribution in [0.2, 0.25) is 0 Å². The average Bonchev–Trinajstić information content (AvgIpc) is 3.02. The van der Waals surface area contributed by atoms with E-state index in [1.807, 2.05) is 0 Å². The second kappa shape index (κ2) is 10.1. The Balaban J connectivity index is 1.51. The molecule has 0 saturated carbocycles. The summed E-state index contributed by atoms with van der Waals surface area (Å²) < 4.78 is 0. The van der Waals surface area contributed by atoms with Crippen molar-refractivity contribution in [2.24, 2.45) is 0 Å². The zero-order valence-electron chi connectivity index (χ0n) is 17.4. The quantitative estimate of drug-likeness (QED) is 0.336. The Bertz CT molecular complexity index is 1190. The third-order valence-corrected chi connectivity index (χ3v) is 4.89. The molecule has 1 heterocycles. The summed E-state index contributed by atoms with van der Waals surface area (Å²) in [5.74, 6) is -1.88. The van der Waals surface area contributed by atoms with Gasteiger partial charge in [-0.05, 0) is 30.2 Å². The van der Waals surface area contributed by atoms with Gasteiger partial charge in [-0.3, -0.25) is 34.2 Å². The standard InChI is InChI=1S/C22H19N5O6/c23-9-8-19(28)24-13-14-3-1-4-15(11-14)25-20(29)5-2-10-26-21(30)17-7-6-16(27(32)33)12-18(17)22(26)31/h1,3-4,6-7,11-12H,2,5,8,10,13H2,(H,24,28)(H,25,29). The number of benzene rings is 2. The van der Waals surface area contributed by atoms with E-state index >= 15 is 0 Å². The van der Waals surface area contributed by atoms with Crippen LogP contribution in [0.4, 0.5) is 11.4 Å². The Morgan fingerprint density at radius 3 is 2.55 bits per heavy atom. The molecule has 0 saturated heterocycles. The van der Waals surface area contributed by atoms with Crippen molar-refractivity contribution >= 4 is 35.0 Å². The van der Waals surface area contributed by atoms with E-state index in [9.17, 15) is 29.3 Å². The maximum atomic E-state index is 12.5. The van der Waals surface area contributed by atoms with E-state index in [-0.39, 0.29) is 55.1 Å². The predicted molar refractivity (Wildman–Crippen MR) is 115 cm³/mol. The van der Waals surface area contributed by atoms with Crippen LogP contribution in [0, 0.1) is 21.4 Å². The number of anilines is 1. The largest absolute Gasteiger partial charge is 0.351 e. The Kier molecular flexibility index (Phi) is 7.10. The van der Waals surface area contributed by atoms with Crippen LogP contribution in [0.3, 0.4) is 0 Å². The third-order valence-electron chi connectivity index (χ3n) is 4.89. The van der Waals surface area contributed by atoms with Gasteiger partial charge in [0, 0.05) is 37.3 Å². The van der Waals surface area contributed by atoms with Gasteiger partial charge in [0.15, 0.2) is 0 Å². The van der Waals surface area contributed by atoms with Crippen LogP contribution in [-0.2, 0) is 16.1 Å². The second-order valence-electron chi connectivity index (χ2n) is 7.21. The highest BCUT2D eigenvalue weighted by molar-refractivity contribution is 6.21. The van der Waals surface area contributed by atoms with Crippen molar-refractivity contribution in [2.75, 3.05) is 11.9 Å². The molecular formula is C22H19N5O6. The number of carbonyl (C=O) groups excluding carboxylic acids is 4. The number of non-ortho nitro benzene ring substituents is 1. The van der Waals surface area contributed by atoms with Crippen LogP contribution >= 0.6 is 0 Å². The first-order valence-corrected chi connectivity index (χ1v) is 9.97. The number of hydrogen-bond acceptors (Lipinski definition) is 7. The van der Waals surface area contributed by atoms with Gasteiger partial charge < -0.3 is 10.6 Å². The van der Waals surface area contributed by atoms with Gasteiger partial charge in [-0.25, -0.2) is 0 Å². The number of nitro groups is 1. The van der Waals surface area contributed by atoms with Gasteiger partial charge in [0.25, 0.3) is 17.5 Å². The summed E-state index contributed by atoms with van der Waals surface area (Å²) in [6.07, 6.45) is 0.0143. The molecule has 2 aromatic rings. The number of nitriles is 1. The van der Waals surface area contributed by atoms with Crippen molar-refractivity contribution in [1.82, 2.24) is 10.2 Å². The lowest BCUT2D eigenvalue weighted by Gasteiger charge is -2.13. The van der Waals surface area contributed by atoms with Crippen molar-refractivity contribution < 1.29 is 24.1 Å². The van der Waals surface area contributed by atoms with Gasteiger partial charge in [-0.2, -0.15) is 5.26 Å². The lowest BCUT2D eigenvalue weighted by molar-refractivity contribution is -0.384. The molecular weight excluding hydrogens is 430 g/mol. The maximum Gasteiger partial charge on any atom is 0.270 e. The summed E-state index contributed by atoms with van der Waals surface area (Å²) >= 11 is 0. The Morgan fingerprint density at radius 1 is 1.06 bits per heavy atom. The van der Waals surface area contributed by atoms with Crippen LogP contribution < -0.4 is 10.6 Å².